The minimum atomic E-state index is 0.321. The third-order valence-corrected chi connectivity index (χ3v) is 4.55. The first-order valence-corrected chi connectivity index (χ1v) is 8.11. The van der Waals surface area contributed by atoms with E-state index in [1.807, 2.05) is 19.2 Å². The van der Waals surface area contributed by atoms with Crippen molar-refractivity contribution < 1.29 is 4.74 Å². The van der Waals surface area contributed by atoms with E-state index in [1.54, 1.807) is 0 Å². The molecule has 2 rings (SSSR count). The number of benzene rings is 1. The maximum Gasteiger partial charge on any atom is 0.0576 e. The van der Waals surface area contributed by atoms with Gasteiger partial charge in [-0.2, -0.15) is 0 Å². The molecule has 0 spiro atoms. The average Bonchev–Trinajstić information content (AvgIpc) is 2.89. The highest BCUT2D eigenvalue weighted by atomic mass is 79.9. The van der Waals surface area contributed by atoms with Crippen LogP contribution in [0.1, 0.15) is 43.7 Å². The Balaban J connectivity index is 1.88. The van der Waals surface area contributed by atoms with E-state index >= 15 is 0 Å². The Morgan fingerprint density at radius 3 is 3.00 bits per heavy atom. The van der Waals surface area contributed by atoms with Crippen LogP contribution in [-0.2, 0) is 4.74 Å². The van der Waals surface area contributed by atoms with Crippen LogP contribution in [0.5, 0.6) is 0 Å². The van der Waals surface area contributed by atoms with Crippen molar-refractivity contribution in [2.75, 3.05) is 13.7 Å². The summed E-state index contributed by atoms with van der Waals surface area (Å²) in [5.41, 5.74) is 1.18. The molecule has 106 valence electrons. The lowest BCUT2D eigenvalue weighted by Crippen LogP contribution is -2.17. The number of hydrogen-bond acceptors (Lipinski definition) is 2. The van der Waals surface area contributed by atoms with Gasteiger partial charge in [-0.25, -0.2) is 0 Å². The Labute approximate surface area is 129 Å². The van der Waals surface area contributed by atoms with E-state index in [4.69, 9.17) is 16.3 Å². The lowest BCUT2D eigenvalue weighted by atomic mass is 9.99. The van der Waals surface area contributed by atoms with Crippen LogP contribution in [0.4, 0.5) is 0 Å². The monoisotopic (exact) mass is 345 g/mol. The number of hydrogen-bond donors (Lipinski definition) is 1. The van der Waals surface area contributed by atoms with E-state index in [1.165, 1.54) is 24.8 Å². The second-order valence-corrected chi connectivity index (χ2v) is 6.40. The highest BCUT2D eigenvalue weighted by Gasteiger charge is 2.17. The Morgan fingerprint density at radius 2 is 2.37 bits per heavy atom. The van der Waals surface area contributed by atoms with Gasteiger partial charge < -0.3 is 10.1 Å². The summed E-state index contributed by atoms with van der Waals surface area (Å²) < 4.78 is 6.68. The van der Waals surface area contributed by atoms with Gasteiger partial charge in [0.15, 0.2) is 0 Å². The fourth-order valence-electron chi connectivity index (χ4n) is 2.66. The molecule has 2 atom stereocenters. The molecule has 1 N–H and O–H groups in total. The first kappa shape index (κ1) is 15.3. The molecule has 0 bridgehead atoms. The van der Waals surface area contributed by atoms with E-state index in [0.29, 0.717) is 12.1 Å². The van der Waals surface area contributed by atoms with Crippen molar-refractivity contribution in [1.29, 1.82) is 0 Å². The zero-order valence-corrected chi connectivity index (χ0v) is 13.6. The summed E-state index contributed by atoms with van der Waals surface area (Å²) in [7, 11) is 2.00. The molecule has 0 radical (unpaired) electrons. The van der Waals surface area contributed by atoms with Crippen molar-refractivity contribution in [1.82, 2.24) is 5.32 Å². The second kappa shape index (κ2) is 7.63. The zero-order chi connectivity index (χ0) is 13.7. The summed E-state index contributed by atoms with van der Waals surface area (Å²) in [5.74, 6) is 0. The van der Waals surface area contributed by atoms with Gasteiger partial charge in [-0.15, -0.1) is 0 Å². The van der Waals surface area contributed by atoms with Crippen molar-refractivity contribution in [3.05, 3.63) is 33.3 Å². The van der Waals surface area contributed by atoms with Gasteiger partial charge in [-0.1, -0.05) is 33.6 Å². The summed E-state index contributed by atoms with van der Waals surface area (Å²) in [6.45, 7) is 0.943. The first-order chi connectivity index (χ1) is 9.20. The van der Waals surface area contributed by atoms with Gasteiger partial charge in [0.2, 0.25) is 0 Å². The van der Waals surface area contributed by atoms with Crippen molar-refractivity contribution in [3.63, 3.8) is 0 Å². The Bertz CT molecular complexity index is 407. The molecule has 2 nitrogen and oxygen atoms in total. The number of ether oxygens (including phenoxy) is 1. The third kappa shape index (κ3) is 4.45. The SMILES string of the molecule is CNC(CCCC1CCCO1)c1ccc(Br)cc1Cl. The molecule has 4 heteroatoms. The van der Waals surface area contributed by atoms with Gasteiger partial charge >= 0.3 is 0 Å². The minimum absolute atomic E-state index is 0.321. The highest BCUT2D eigenvalue weighted by molar-refractivity contribution is 9.10. The maximum atomic E-state index is 6.31. The predicted octanol–water partition coefficient (Wildman–Crippen LogP) is 4.71. The van der Waals surface area contributed by atoms with E-state index < -0.39 is 0 Å². The predicted molar refractivity (Wildman–Crippen MR) is 83.8 cm³/mol. The number of nitrogens with one attached hydrogen (secondary N) is 1. The van der Waals surface area contributed by atoms with Gasteiger partial charge in [-0.05, 0) is 56.8 Å². The Kier molecular flexibility index (Phi) is 6.14. The highest BCUT2D eigenvalue weighted by Crippen LogP contribution is 2.30. The number of halogens is 2. The van der Waals surface area contributed by atoms with Crippen LogP contribution in [0, 0.1) is 0 Å². The van der Waals surface area contributed by atoms with Crippen molar-refractivity contribution in [2.45, 2.75) is 44.2 Å². The number of rotatable bonds is 6. The molecule has 1 heterocycles. The first-order valence-electron chi connectivity index (χ1n) is 6.94. The molecule has 0 amide bonds. The van der Waals surface area contributed by atoms with Crippen LogP contribution in [0.2, 0.25) is 5.02 Å². The zero-order valence-electron chi connectivity index (χ0n) is 11.3. The largest absolute Gasteiger partial charge is 0.378 e. The third-order valence-electron chi connectivity index (χ3n) is 3.73. The van der Waals surface area contributed by atoms with Crippen LogP contribution in [0.3, 0.4) is 0 Å². The van der Waals surface area contributed by atoms with Gasteiger partial charge in [0.1, 0.15) is 0 Å². The lowest BCUT2D eigenvalue weighted by Gasteiger charge is -2.19. The minimum Gasteiger partial charge on any atom is -0.378 e. The maximum absolute atomic E-state index is 6.31. The van der Waals surface area contributed by atoms with Crippen LogP contribution < -0.4 is 5.32 Å². The summed E-state index contributed by atoms with van der Waals surface area (Å²) in [5, 5.41) is 4.19. The van der Waals surface area contributed by atoms with Crippen molar-refractivity contribution >= 4 is 27.5 Å². The summed E-state index contributed by atoms with van der Waals surface area (Å²) in [6, 6.07) is 6.43. The molecule has 0 saturated carbocycles. The summed E-state index contributed by atoms with van der Waals surface area (Å²) >= 11 is 9.76. The quantitative estimate of drug-likeness (QED) is 0.805. The van der Waals surface area contributed by atoms with Crippen LogP contribution in [0.25, 0.3) is 0 Å². The molecule has 1 saturated heterocycles. The van der Waals surface area contributed by atoms with E-state index in [2.05, 4.69) is 27.3 Å². The molecule has 1 fully saturated rings. The van der Waals surface area contributed by atoms with Gasteiger partial charge in [0.05, 0.1) is 6.10 Å². The van der Waals surface area contributed by atoms with E-state index in [0.717, 1.165) is 28.9 Å². The fourth-order valence-corrected chi connectivity index (χ4v) is 3.47. The van der Waals surface area contributed by atoms with Crippen molar-refractivity contribution in [3.8, 4) is 0 Å². The van der Waals surface area contributed by atoms with Gasteiger partial charge in [0, 0.05) is 22.1 Å². The Morgan fingerprint density at radius 1 is 1.53 bits per heavy atom. The van der Waals surface area contributed by atoms with Crippen LogP contribution in [0.15, 0.2) is 22.7 Å². The van der Waals surface area contributed by atoms with E-state index in [9.17, 15) is 0 Å². The second-order valence-electron chi connectivity index (χ2n) is 5.07. The normalized spacial score (nSPS) is 20.7. The summed E-state index contributed by atoms with van der Waals surface area (Å²) in [4.78, 5) is 0. The molecule has 0 aromatic heterocycles. The Hall–Kier alpha value is -0.0900. The molecule has 1 aliphatic heterocycles. The summed E-state index contributed by atoms with van der Waals surface area (Å²) in [6.07, 6.45) is 6.35. The molecule has 1 aromatic carbocycles. The van der Waals surface area contributed by atoms with Crippen molar-refractivity contribution in [2.24, 2.45) is 0 Å². The van der Waals surface area contributed by atoms with Gasteiger partial charge in [0.25, 0.3) is 0 Å². The average molecular weight is 347 g/mol. The molecule has 1 aromatic rings. The molecular formula is C15H21BrClNO. The van der Waals surface area contributed by atoms with Crippen LogP contribution >= 0.6 is 27.5 Å². The van der Waals surface area contributed by atoms with Gasteiger partial charge in [-0.3, -0.25) is 0 Å². The smallest absolute Gasteiger partial charge is 0.0576 e. The fraction of sp³-hybridized carbons (Fsp3) is 0.600. The molecule has 0 aliphatic carbocycles. The van der Waals surface area contributed by atoms with Crippen LogP contribution in [-0.4, -0.2) is 19.8 Å². The standard InChI is InChI=1S/C15H21BrClNO/c1-18-15(6-2-4-12-5-3-9-19-12)13-8-7-11(16)10-14(13)17/h7-8,10,12,15,18H,2-6,9H2,1H3. The molecule has 1 aliphatic rings. The topological polar surface area (TPSA) is 21.3 Å². The molecule has 19 heavy (non-hydrogen) atoms. The molecule has 2 unspecified atom stereocenters. The lowest BCUT2D eigenvalue weighted by molar-refractivity contribution is 0.101. The molecular weight excluding hydrogens is 326 g/mol. The van der Waals surface area contributed by atoms with E-state index in [-0.39, 0.29) is 0 Å².